The Morgan fingerprint density at radius 1 is 1.23 bits per heavy atom. The van der Waals surface area contributed by atoms with Gasteiger partial charge >= 0.3 is 29.2 Å². The molecule has 1 aliphatic rings. The van der Waals surface area contributed by atoms with Crippen LogP contribution in [0.4, 0.5) is 0 Å². The molecule has 0 aromatic carbocycles. The van der Waals surface area contributed by atoms with Gasteiger partial charge in [-0.1, -0.05) is 0 Å². The van der Waals surface area contributed by atoms with Crippen LogP contribution in [0.15, 0.2) is 15.8 Å². The minimum atomic E-state index is -5.94. The lowest BCUT2D eigenvalue weighted by Gasteiger charge is -2.19. The molecule has 0 aliphatic carbocycles. The van der Waals surface area contributed by atoms with E-state index in [1.807, 2.05) is 4.98 Å². The van der Waals surface area contributed by atoms with Crippen LogP contribution in [-0.2, 0) is 31.6 Å². The van der Waals surface area contributed by atoms with E-state index in [0.29, 0.717) is 4.57 Å². The van der Waals surface area contributed by atoms with Crippen LogP contribution in [0, 0.1) is 6.92 Å². The normalized spacial score (nSPS) is 30.2. The topological polar surface area (TPSA) is 244 Å². The molecule has 3 unspecified atom stereocenters. The van der Waals surface area contributed by atoms with Gasteiger partial charge in [0, 0.05) is 11.8 Å². The van der Waals surface area contributed by atoms with Crippen LogP contribution >= 0.6 is 35.1 Å². The maximum absolute atomic E-state index is 12.0. The monoisotopic (exact) mass is 518 g/mol. The number of aromatic nitrogens is 2. The van der Waals surface area contributed by atoms with E-state index >= 15 is 0 Å². The Morgan fingerprint density at radius 3 is 2.40 bits per heavy atom. The van der Waals surface area contributed by atoms with Gasteiger partial charge in [0.2, 0.25) is 0 Å². The molecule has 1 saturated heterocycles. The number of alkyl halides is 1. The van der Waals surface area contributed by atoms with Crippen molar-refractivity contribution in [2.45, 2.75) is 30.7 Å². The Hall–Kier alpha value is -0.700. The van der Waals surface area contributed by atoms with Crippen LogP contribution in [0.5, 0.6) is 0 Å². The summed E-state index contributed by atoms with van der Waals surface area (Å²) >= 11 is 5.98. The summed E-state index contributed by atoms with van der Waals surface area (Å²) in [5.74, 6) is 0. The Morgan fingerprint density at radius 2 is 1.83 bits per heavy atom. The third-order valence-corrected chi connectivity index (χ3v) is 7.45. The molecular weight excluding hydrogens is 500 g/mol. The highest BCUT2D eigenvalue weighted by Crippen LogP contribution is 2.66. The molecule has 2 rings (SSSR count). The van der Waals surface area contributed by atoms with Crippen molar-refractivity contribution in [2.75, 3.05) is 6.56 Å². The highest BCUT2D eigenvalue weighted by atomic mass is 35.5. The number of halogens is 1. The van der Waals surface area contributed by atoms with Crippen LogP contribution < -0.4 is 11.2 Å². The fourth-order valence-electron chi connectivity index (χ4n) is 2.15. The average Bonchev–Trinajstić information content (AvgIpc) is 2.82. The van der Waals surface area contributed by atoms with Crippen molar-refractivity contribution in [1.29, 1.82) is 0 Å². The smallest absolute Gasteiger partial charge is 0.389 e. The number of rotatable bonds is 8. The fourth-order valence-corrected chi connectivity index (χ4v) is 5.34. The van der Waals surface area contributed by atoms with Crippen LogP contribution in [-0.4, -0.2) is 58.4 Å². The third kappa shape index (κ3) is 6.65. The minimum Gasteiger partial charge on any atom is -0.389 e. The molecule has 1 aromatic rings. The zero-order valence-corrected chi connectivity index (χ0v) is 17.9. The van der Waals surface area contributed by atoms with Crippen LogP contribution in [0.25, 0.3) is 0 Å². The average molecular weight is 519 g/mol. The number of nitrogens with zero attached hydrogens (tertiary/aromatic N) is 1. The molecule has 6 N–H and O–H groups in total. The minimum absolute atomic E-state index is 0.0197. The van der Waals surface area contributed by atoms with Gasteiger partial charge in [-0.05, 0) is 6.92 Å². The molecule has 20 heteroatoms. The van der Waals surface area contributed by atoms with Gasteiger partial charge in [-0.2, -0.15) is 8.62 Å². The first-order valence-corrected chi connectivity index (χ1v) is 12.3. The number of aromatic amines is 1. The molecule has 0 saturated carbocycles. The molecular formula is C10H16ClN2O14P3. The molecule has 0 amide bonds. The van der Waals surface area contributed by atoms with E-state index in [0.717, 1.165) is 6.20 Å². The first-order valence-electron chi connectivity index (χ1n) is 8.39. The largest absolute Gasteiger partial charge is 0.490 e. The van der Waals surface area contributed by atoms with Gasteiger partial charge in [0.05, 0.1) is 9.30 Å². The number of aryl methyl sites for hydroxylation is 1. The Bertz CT molecular complexity index is 1130. The third-order valence-electron chi connectivity index (χ3n) is 3.32. The predicted molar refractivity (Wildman–Crippen MR) is 95.4 cm³/mol. The maximum atomic E-state index is 12.0. The zero-order valence-electron chi connectivity index (χ0n) is 16.5. The lowest BCUT2D eigenvalue weighted by Crippen LogP contribution is -2.36. The van der Waals surface area contributed by atoms with Gasteiger partial charge in [0.25, 0.3) is 5.56 Å². The van der Waals surface area contributed by atoms with E-state index in [1.54, 1.807) is 0 Å². The van der Waals surface area contributed by atoms with Crippen molar-refractivity contribution in [1.82, 2.24) is 9.55 Å². The van der Waals surface area contributed by atoms with Crippen molar-refractivity contribution in [3.63, 3.8) is 0 Å². The number of aliphatic hydroxyl groups excluding tert-OH is 1. The van der Waals surface area contributed by atoms with Gasteiger partial charge < -0.3 is 29.4 Å². The van der Waals surface area contributed by atoms with Crippen LogP contribution in [0.1, 0.15) is 14.5 Å². The van der Waals surface area contributed by atoms with E-state index in [9.17, 15) is 33.3 Å². The quantitative estimate of drug-likeness (QED) is 0.179. The first-order chi connectivity index (χ1) is 14.2. The van der Waals surface area contributed by atoms with E-state index < -0.39 is 65.1 Å². The molecule has 2 heterocycles. The Labute approximate surface area is 174 Å². The molecule has 0 radical (unpaired) electrons. The summed E-state index contributed by atoms with van der Waals surface area (Å²) in [4.78, 5) is 61.0. The van der Waals surface area contributed by atoms with Crippen molar-refractivity contribution >= 4 is 35.1 Å². The number of hydrogen-bond acceptors (Lipinski definition) is 10. The molecule has 0 bridgehead atoms. The zero-order chi connectivity index (χ0) is 24.9. The molecule has 1 aromatic heterocycles. The second kappa shape index (κ2) is 9.04. The SMILES string of the molecule is [2H]C([2H])(OP(=O)(O)OP(=O)(O)OP(=O)(O)O)[C@@H]1O[C@H](n2cc(C)c(=O)[nH]c2=O)[C@H](Cl)C1O. The molecule has 16 nitrogen and oxygen atoms in total. The van der Waals surface area contributed by atoms with E-state index in [1.165, 1.54) is 6.92 Å². The van der Waals surface area contributed by atoms with Gasteiger partial charge in [-0.25, -0.2) is 18.5 Å². The van der Waals surface area contributed by atoms with Gasteiger partial charge in [-0.3, -0.25) is 18.9 Å². The molecule has 1 fully saturated rings. The summed E-state index contributed by atoms with van der Waals surface area (Å²) in [6.07, 6.45) is -4.84. The summed E-state index contributed by atoms with van der Waals surface area (Å²) in [5, 5.41) is 8.65. The van der Waals surface area contributed by atoms with Crippen molar-refractivity contribution in [2.24, 2.45) is 0 Å². The van der Waals surface area contributed by atoms with Gasteiger partial charge in [0.15, 0.2) is 6.23 Å². The number of nitrogens with one attached hydrogen (secondary N) is 1. The second-order valence-corrected chi connectivity index (χ2v) is 10.5. The lowest BCUT2D eigenvalue weighted by atomic mass is 10.2. The van der Waals surface area contributed by atoms with E-state index in [-0.39, 0.29) is 5.56 Å². The Kier molecular flexibility index (Phi) is 6.78. The van der Waals surface area contributed by atoms with Crippen LogP contribution in [0.2, 0.25) is 0 Å². The number of hydrogen-bond donors (Lipinski definition) is 6. The standard InChI is InChI=1S/C10H16ClN2O14P3/c1-4-2-13(10(16)12-8(4)15)9-6(11)7(14)5(25-9)3-24-29(20,21)27-30(22,23)26-28(17,18)19/h2,5-7,9,14H,3H2,1H3,(H,20,21)(H,22,23)(H,12,15,16)(H2,17,18,19)/t5-,6+,7?,9-/m0/s1/i3D2. The van der Waals surface area contributed by atoms with Crippen LogP contribution in [0.3, 0.4) is 0 Å². The summed E-state index contributed by atoms with van der Waals surface area (Å²) in [7, 11) is -17.6. The lowest BCUT2D eigenvalue weighted by molar-refractivity contribution is -0.0449. The van der Waals surface area contributed by atoms with Crippen molar-refractivity contribution in [3.05, 3.63) is 32.6 Å². The number of aliphatic hydroxyl groups is 1. The Balaban J connectivity index is 2.27. The molecule has 6 atom stereocenters. The first kappa shape index (κ1) is 22.5. The highest BCUT2D eigenvalue weighted by molar-refractivity contribution is 7.66. The molecule has 1 aliphatic heterocycles. The maximum Gasteiger partial charge on any atom is 0.490 e. The second-order valence-electron chi connectivity index (χ2n) is 5.66. The summed E-state index contributed by atoms with van der Waals surface area (Å²) in [6, 6.07) is 0. The molecule has 30 heavy (non-hydrogen) atoms. The highest BCUT2D eigenvalue weighted by Gasteiger charge is 2.46. The van der Waals surface area contributed by atoms with Crippen molar-refractivity contribution in [3.8, 4) is 0 Å². The van der Waals surface area contributed by atoms with E-state index in [2.05, 4.69) is 13.1 Å². The summed E-state index contributed by atoms with van der Waals surface area (Å²) in [5.41, 5.74) is -1.76. The van der Waals surface area contributed by atoms with Crippen molar-refractivity contribution < 1.29 is 59.0 Å². The number of H-pyrrole nitrogens is 1. The van der Waals surface area contributed by atoms with E-state index in [4.69, 9.17) is 33.8 Å². The number of phosphoric acid groups is 3. The van der Waals surface area contributed by atoms with Gasteiger partial charge in [-0.15, -0.1) is 11.6 Å². The fraction of sp³-hybridized carbons (Fsp3) is 0.600. The predicted octanol–water partition coefficient (Wildman–Crippen LogP) is -0.946. The summed E-state index contributed by atoms with van der Waals surface area (Å²) in [6.45, 7) is -2.19. The molecule has 0 spiro atoms. The van der Waals surface area contributed by atoms with Gasteiger partial charge in [0.1, 0.15) is 17.6 Å². The number of phosphoric ester groups is 1. The number of ether oxygens (including phenoxy) is 1. The summed E-state index contributed by atoms with van der Waals surface area (Å²) < 4.78 is 66.3. The molecule has 172 valence electrons.